The Morgan fingerprint density at radius 3 is 2.82 bits per heavy atom. The maximum Gasteiger partial charge on any atom is 0.189 e. The smallest absolute Gasteiger partial charge is 0.189 e. The van der Waals surface area contributed by atoms with Crippen molar-refractivity contribution in [3.63, 3.8) is 0 Å². The molecule has 0 bridgehead atoms. The molecule has 2 aromatic carbocycles. The Morgan fingerprint density at radius 1 is 1.07 bits per heavy atom. The standard InChI is InChI=1S/C20H15FN6O/c1-13-5-2-3-8-17(13)28-11-18-24-20-16-10-23-27(15-7-4-6-14(21)9-15)19(16)22-12-26(20)25-18/h2-10,12H,11H2,1H3. The van der Waals surface area contributed by atoms with Crippen LogP contribution in [0.1, 0.15) is 11.4 Å². The molecule has 0 fully saturated rings. The highest BCUT2D eigenvalue weighted by Crippen LogP contribution is 2.21. The van der Waals surface area contributed by atoms with Crippen LogP contribution in [0.4, 0.5) is 4.39 Å². The third kappa shape index (κ3) is 2.75. The second-order valence-electron chi connectivity index (χ2n) is 6.37. The lowest BCUT2D eigenvalue weighted by atomic mass is 10.2. The summed E-state index contributed by atoms with van der Waals surface area (Å²) in [4.78, 5) is 8.99. The van der Waals surface area contributed by atoms with Crippen molar-refractivity contribution >= 4 is 16.7 Å². The monoisotopic (exact) mass is 374 g/mol. The fourth-order valence-corrected chi connectivity index (χ4v) is 3.08. The van der Waals surface area contributed by atoms with Gasteiger partial charge in [-0.15, -0.1) is 5.10 Å². The van der Waals surface area contributed by atoms with Gasteiger partial charge in [-0.2, -0.15) is 5.10 Å². The van der Waals surface area contributed by atoms with Crippen molar-refractivity contribution in [1.29, 1.82) is 0 Å². The Balaban J connectivity index is 1.51. The van der Waals surface area contributed by atoms with Crippen molar-refractivity contribution in [1.82, 2.24) is 29.4 Å². The van der Waals surface area contributed by atoms with Crippen LogP contribution in [0.5, 0.6) is 5.75 Å². The summed E-state index contributed by atoms with van der Waals surface area (Å²) >= 11 is 0. The molecule has 0 unspecified atom stereocenters. The highest BCUT2D eigenvalue weighted by Gasteiger charge is 2.14. The van der Waals surface area contributed by atoms with Crippen molar-refractivity contribution in [2.45, 2.75) is 13.5 Å². The SMILES string of the molecule is Cc1ccccc1OCc1nc2c3cnn(-c4cccc(F)c4)c3ncn2n1. The van der Waals surface area contributed by atoms with Gasteiger partial charge in [0, 0.05) is 0 Å². The molecule has 0 aliphatic heterocycles. The number of aryl methyl sites for hydroxylation is 1. The van der Waals surface area contributed by atoms with Crippen LogP contribution in [-0.2, 0) is 6.61 Å². The van der Waals surface area contributed by atoms with E-state index in [1.54, 1.807) is 33.9 Å². The number of aromatic nitrogens is 6. The first kappa shape index (κ1) is 16.4. The van der Waals surface area contributed by atoms with Crippen LogP contribution in [0, 0.1) is 12.7 Å². The minimum absolute atomic E-state index is 0.242. The van der Waals surface area contributed by atoms with Crippen molar-refractivity contribution in [3.05, 3.63) is 78.3 Å². The zero-order valence-electron chi connectivity index (χ0n) is 15.0. The Morgan fingerprint density at radius 2 is 1.96 bits per heavy atom. The Hall–Kier alpha value is -3.81. The Kier molecular flexibility index (Phi) is 3.75. The molecule has 0 saturated carbocycles. The zero-order valence-corrected chi connectivity index (χ0v) is 15.0. The highest BCUT2D eigenvalue weighted by atomic mass is 19.1. The number of nitrogens with zero attached hydrogens (tertiary/aromatic N) is 6. The highest BCUT2D eigenvalue weighted by molar-refractivity contribution is 5.89. The van der Waals surface area contributed by atoms with Gasteiger partial charge >= 0.3 is 0 Å². The molecule has 0 aliphatic carbocycles. The molecule has 0 aliphatic rings. The molecule has 8 heteroatoms. The summed E-state index contributed by atoms with van der Waals surface area (Å²) < 4.78 is 22.6. The third-order valence-electron chi connectivity index (χ3n) is 4.45. The van der Waals surface area contributed by atoms with Crippen LogP contribution in [0.15, 0.2) is 61.1 Å². The maximum absolute atomic E-state index is 13.6. The van der Waals surface area contributed by atoms with Crippen LogP contribution in [0.3, 0.4) is 0 Å². The molecule has 3 aromatic heterocycles. The van der Waals surface area contributed by atoms with Crippen LogP contribution < -0.4 is 4.74 Å². The zero-order chi connectivity index (χ0) is 19.1. The van der Waals surface area contributed by atoms with E-state index >= 15 is 0 Å². The topological polar surface area (TPSA) is 70.1 Å². The summed E-state index contributed by atoms with van der Waals surface area (Å²) in [5.74, 6) is 1.000. The van der Waals surface area contributed by atoms with E-state index in [0.717, 1.165) is 16.7 Å². The number of fused-ring (bicyclic) bond motifs is 3. The molecule has 28 heavy (non-hydrogen) atoms. The van der Waals surface area contributed by atoms with E-state index < -0.39 is 0 Å². The molecule has 0 N–H and O–H groups in total. The van der Waals surface area contributed by atoms with Crippen molar-refractivity contribution in [2.75, 3.05) is 0 Å². The van der Waals surface area contributed by atoms with Gasteiger partial charge in [0.25, 0.3) is 0 Å². The first-order valence-corrected chi connectivity index (χ1v) is 8.71. The number of benzene rings is 2. The van der Waals surface area contributed by atoms with Gasteiger partial charge in [0.2, 0.25) is 0 Å². The third-order valence-corrected chi connectivity index (χ3v) is 4.45. The molecule has 0 atom stereocenters. The predicted octanol–water partition coefficient (Wildman–Crippen LogP) is 3.49. The van der Waals surface area contributed by atoms with Gasteiger partial charge in [-0.3, -0.25) is 0 Å². The second kappa shape index (κ2) is 6.41. The van der Waals surface area contributed by atoms with E-state index in [2.05, 4.69) is 20.2 Å². The number of ether oxygens (including phenoxy) is 1. The number of halogens is 1. The quantitative estimate of drug-likeness (QED) is 0.482. The molecular formula is C20H15FN6O. The number of rotatable bonds is 4. The number of hydrogen-bond acceptors (Lipinski definition) is 5. The Bertz CT molecular complexity index is 1310. The minimum atomic E-state index is -0.333. The first-order valence-electron chi connectivity index (χ1n) is 8.71. The number of para-hydroxylation sites is 1. The van der Waals surface area contributed by atoms with E-state index in [9.17, 15) is 4.39 Å². The molecule has 0 radical (unpaired) electrons. The fraction of sp³-hybridized carbons (Fsp3) is 0.100. The molecule has 0 spiro atoms. The van der Waals surface area contributed by atoms with Crippen LogP contribution in [0.2, 0.25) is 0 Å². The summed E-state index contributed by atoms with van der Waals surface area (Å²) in [5, 5.41) is 9.49. The lowest BCUT2D eigenvalue weighted by Crippen LogP contribution is -2.00. The minimum Gasteiger partial charge on any atom is -0.485 e. The maximum atomic E-state index is 13.6. The van der Waals surface area contributed by atoms with Crippen molar-refractivity contribution < 1.29 is 9.13 Å². The Labute approximate surface area is 159 Å². The van der Waals surface area contributed by atoms with Gasteiger partial charge in [0.05, 0.1) is 17.3 Å². The van der Waals surface area contributed by atoms with Gasteiger partial charge < -0.3 is 4.74 Å². The molecule has 7 nitrogen and oxygen atoms in total. The first-order chi connectivity index (χ1) is 13.7. The average Bonchev–Trinajstić information content (AvgIpc) is 3.31. The summed E-state index contributed by atoms with van der Waals surface area (Å²) in [6.45, 7) is 2.23. The lowest BCUT2D eigenvalue weighted by molar-refractivity contribution is 0.294. The molecule has 5 aromatic rings. The van der Waals surface area contributed by atoms with Gasteiger partial charge in [0.15, 0.2) is 17.1 Å². The van der Waals surface area contributed by atoms with Crippen LogP contribution in [-0.4, -0.2) is 29.4 Å². The van der Waals surface area contributed by atoms with E-state index in [4.69, 9.17) is 4.74 Å². The summed E-state index contributed by atoms with van der Waals surface area (Å²) in [7, 11) is 0. The molecule has 3 heterocycles. The number of hydrogen-bond donors (Lipinski definition) is 0. The lowest BCUT2D eigenvalue weighted by Gasteiger charge is -2.05. The predicted molar refractivity (Wildman–Crippen MR) is 101 cm³/mol. The fourth-order valence-electron chi connectivity index (χ4n) is 3.08. The molecule has 138 valence electrons. The van der Waals surface area contributed by atoms with Crippen molar-refractivity contribution in [3.8, 4) is 11.4 Å². The normalized spacial score (nSPS) is 11.4. The van der Waals surface area contributed by atoms with E-state index in [1.165, 1.54) is 12.1 Å². The van der Waals surface area contributed by atoms with Gasteiger partial charge in [-0.05, 0) is 36.8 Å². The van der Waals surface area contributed by atoms with E-state index in [0.29, 0.717) is 22.8 Å². The average molecular weight is 374 g/mol. The molecule has 0 saturated heterocycles. The summed E-state index contributed by atoms with van der Waals surface area (Å²) in [6.07, 6.45) is 3.22. The second-order valence-corrected chi connectivity index (χ2v) is 6.37. The van der Waals surface area contributed by atoms with Gasteiger partial charge in [-0.25, -0.2) is 23.6 Å². The molecule has 5 rings (SSSR count). The van der Waals surface area contributed by atoms with Gasteiger partial charge in [0.1, 0.15) is 24.5 Å². The molecule has 0 amide bonds. The largest absolute Gasteiger partial charge is 0.485 e. The van der Waals surface area contributed by atoms with Crippen LogP contribution in [0.25, 0.3) is 22.4 Å². The van der Waals surface area contributed by atoms with E-state index in [1.807, 2.05) is 31.2 Å². The van der Waals surface area contributed by atoms with Gasteiger partial charge in [-0.1, -0.05) is 24.3 Å². The summed E-state index contributed by atoms with van der Waals surface area (Å²) in [6, 6.07) is 14.0. The van der Waals surface area contributed by atoms with Crippen molar-refractivity contribution in [2.24, 2.45) is 0 Å². The summed E-state index contributed by atoms with van der Waals surface area (Å²) in [5.41, 5.74) is 2.84. The molecular weight excluding hydrogens is 359 g/mol. The van der Waals surface area contributed by atoms with E-state index in [-0.39, 0.29) is 12.4 Å². The van der Waals surface area contributed by atoms with Crippen LogP contribution >= 0.6 is 0 Å².